The van der Waals surface area contributed by atoms with Gasteiger partial charge < -0.3 is 5.32 Å². The SMILES string of the molecule is CCNCc1nc(-c2ccccn2)sc1-c1ccccc1. The molecule has 1 N–H and O–H groups in total. The lowest BCUT2D eigenvalue weighted by Gasteiger charge is -2.02. The molecule has 0 saturated carbocycles. The maximum Gasteiger partial charge on any atom is 0.142 e. The van der Waals surface area contributed by atoms with Gasteiger partial charge in [0.2, 0.25) is 0 Å². The van der Waals surface area contributed by atoms with Crippen molar-refractivity contribution in [1.82, 2.24) is 15.3 Å². The van der Waals surface area contributed by atoms with E-state index in [1.165, 1.54) is 10.4 Å². The minimum atomic E-state index is 0.782. The van der Waals surface area contributed by atoms with Crippen LogP contribution in [0.1, 0.15) is 12.6 Å². The Morgan fingerprint density at radius 1 is 1.05 bits per heavy atom. The van der Waals surface area contributed by atoms with E-state index in [0.717, 1.165) is 29.5 Å². The van der Waals surface area contributed by atoms with Crippen molar-refractivity contribution < 1.29 is 0 Å². The Hall–Kier alpha value is -2.04. The molecule has 0 fully saturated rings. The van der Waals surface area contributed by atoms with Crippen LogP contribution in [-0.4, -0.2) is 16.5 Å². The Morgan fingerprint density at radius 2 is 1.86 bits per heavy atom. The molecule has 21 heavy (non-hydrogen) atoms. The molecule has 0 aliphatic heterocycles. The number of nitrogens with one attached hydrogen (secondary N) is 1. The number of nitrogens with zero attached hydrogens (tertiary/aromatic N) is 2. The van der Waals surface area contributed by atoms with Crippen molar-refractivity contribution in [3.8, 4) is 21.1 Å². The predicted molar refractivity (Wildman–Crippen MR) is 88.2 cm³/mol. The molecule has 4 heteroatoms. The summed E-state index contributed by atoms with van der Waals surface area (Å²) in [6.45, 7) is 3.82. The lowest BCUT2D eigenvalue weighted by Crippen LogP contribution is -2.12. The Balaban J connectivity index is 2.03. The van der Waals surface area contributed by atoms with Crippen LogP contribution in [-0.2, 0) is 6.54 Å². The summed E-state index contributed by atoms with van der Waals surface area (Å²) in [4.78, 5) is 10.4. The van der Waals surface area contributed by atoms with Gasteiger partial charge in [0, 0.05) is 12.7 Å². The van der Waals surface area contributed by atoms with Crippen LogP contribution in [0, 0.1) is 0 Å². The zero-order valence-corrected chi connectivity index (χ0v) is 12.7. The largest absolute Gasteiger partial charge is 0.311 e. The molecule has 0 amide bonds. The third-order valence-electron chi connectivity index (χ3n) is 3.16. The maximum absolute atomic E-state index is 4.79. The smallest absolute Gasteiger partial charge is 0.142 e. The lowest BCUT2D eigenvalue weighted by atomic mass is 10.1. The molecule has 0 aliphatic carbocycles. The van der Waals surface area contributed by atoms with Gasteiger partial charge in [-0.05, 0) is 24.2 Å². The van der Waals surface area contributed by atoms with Crippen LogP contribution in [0.25, 0.3) is 21.1 Å². The quantitative estimate of drug-likeness (QED) is 0.773. The third kappa shape index (κ3) is 3.17. The molecule has 0 bridgehead atoms. The minimum absolute atomic E-state index is 0.782. The predicted octanol–water partition coefficient (Wildman–Crippen LogP) is 3.98. The number of rotatable bonds is 5. The summed E-state index contributed by atoms with van der Waals surface area (Å²) >= 11 is 1.70. The summed E-state index contributed by atoms with van der Waals surface area (Å²) in [6.07, 6.45) is 1.81. The molecule has 0 aliphatic rings. The van der Waals surface area contributed by atoms with E-state index >= 15 is 0 Å². The highest BCUT2D eigenvalue weighted by molar-refractivity contribution is 7.18. The summed E-state index contributed by atoms with van der Waals surface area (Å²) < 4.78 is 0. The minimum Gasteiger partial charge on any atom is -0.311 e. The molecular weight excluding hydrogens is 278 g/mol. The molecule has 3 nitrogen and oxygen atoms in total. The van der Waals surface area contributed by atoms with E-state index < -0.39 is 0 Å². The van der Waals surface area contributed by atoms with Gasteiger partial charge in [-0.2, -0.15) is 0 Å². The van der Waals surface area contributed by atoms with Gasteiger partial charge in [0.25, 0.3) is 0 Å². The van der Waals surface area contributed by atoms with Gasteiger partial charge in [-0.15, -0.1) is 11.3 Å². The fourth-order valence-electron chi connectivity index (χ4n) is 2.13. The Labute approximate surface area is 128 Å². The molecule has 1 aromatic carbocycles. The number of pyridine rings is 1. The Morgan fingerprint density at radius 3 is 2.57 bits per heavy atom. The topological polar surface area (TPSA) is 37.8 Å². The molecule has 2 heterocycles. The van der Waals surface area contributed by atoms with Crippen LogP contribution >= 0.6 is 11.3 Å². The highest BCUT2D eigenvalue weighted by Crippen LogP contribution is 2.34. The monoisotopic (exact) mass is 295 g/mol. The van der Waals surface area contributed by atoms with Crippen LogP contribution in [0.5, 0.6) is 0 Å². The van der Waals surface area contributed by atoms with Crippen LogP contribution < -0.4 is 5.32 Å². The van der Waals surface area contributed by atoms with Crippen molar-refractivity contribution in [2.24, 2.45) is 0 Å². The number of hydrogen-bond acceptors (Lipinski definition) is 4. The molecule has 0 unspecified atom stereocenters. The van der Waals surface area contributed by atoms with Crippen molar-refractivity contribution in [2.75, 3.05) is 6.54 Å². The molecule has 0 atom stereocenters. The van der Waals surface area contributed by atoms with Gasteiger partial charge >= 0.3 is 0 Å². The second-order valence-corrected chi connectivity index (χ2v) is 5.66. The van der Waals surface area contributed by atoms with Crippen molar-refractivity contribution in [1.29, 1.82) is 0 Å². The first-order chi connectivity index (χ1) is 10.4. The van der Waals surface area contributed by atoms with E-state index in [4.69, 9.17) is 4.98 Å². The first kappa shape index (κ1) is 13.9. The number of thiazole rings is 1. The highest BCUT2D eigenvalue weighted by atomic mass is 32.1. The molecular formula is C17H17N3S. The molecule has 0 saturated heterocycles. The van der Waals surface area contributed by atoms with Crippen molar-refractivity contribution in [2.45, 2.75) is 13.5 Å². The highest BCUT2D eigenvalue weighted by Gasteiger charge is 2.14. The Kier molecular flexibility index (Phi) is 4.38. The Bertz CT molecular complexity index is 693. The van der Waals surface area contributed by atoms with E-state index in [0.29, 0.717) is 0 Å². The second kappa shape index (κ2) is 6.61. The maximum atomic E-state index is 4.79. The number of benzene rings is 1. The van der Waals surface area contributed by atoms with E-state index in [1.807, 2.05) is 30.5 Å². The zero-order valence-electron chi connectivity index (χ0n) is 11.9. The summed E-state index contributed by atoms with van der Waals surface area (Å²) in [7, 11) is 0. The first-order valence-corrected chi connectivity index (χ1v) is 7.87. The van der Waals surface area contributed by atoms with E-state index in [9.17, 15) is 0 Å². The summed E-state index contributed by atoms with van der Waals surface area (Å²) in [5, 5.41) is 4.34. The van der Waals surface area contributed by atoms with Crippen LogP contribution in [0.2, 0.25) is 0 Å². The zero-order chi connectivity index (χ0) is 14.5. The van der Waals surface area contributed by atoms with Crippen molar-refractivity contribution in [3.05, 3.63) is 60.4 Å². The van der Waals surface area contributed by atoms with E-state index in [1.54, 1.807) is 11.3 Å². The molecule has 106 valence electrons. The second-order valence-electron chi connectivity index (χ2n) is 4.66. The lowest BCUT2D eigenvalue weighted by molar-refractivity contribution is 0.715. The van der Waals surface area contributed by atoms with Crippen LogP contribution in [0.15, 0.2) is 54.7 Å². The van der Waals surface area contributed by atoms with Crippen LogP contribution in [0.4, 0.5) is 0 Å². The first-order valence-electron chi connectivity index (χ1n) is 7.05. The molecule has 0 radical (unpaired) electrons. The van der Waals surface area contributed by atoms with E-state index in [2.05, 4.69) is 41.5 Å². The van der Waals surface area contributed by atoms with Crippen LogP contribution in [0.3, 0.4) is 0 Å². The number of aromatic nitrogens is 2. The van der Waals surface area contributed by atoms with Gasteiger partial charge in [-0.3, -0.25) is 4.98 Å². The number of hydrogen-bond donors (Lipinski definition) is 1. The standard InChI is InChI=1S/C17H17N3S/c1-2-18-12-15-16(13-8-4-3-5-9-13)21-17(20-15)14-10-6-7-11-19-14/h3-11,18H,2,12H2,1H3. The van der Waals surface area contributed by atoms with Gasteiger partial charge in [0.15, 0.2) is 0 Å². The molecule has 2 aromatic heterocycles. The van der Waals surface area contributed by atoms with Gasteiger partial charge in [-0.25, -0.2) is 4.98 Å². The fourth-order valence-corrected chi connectivity index (χ4v) is 3.19. The normalized spacial score (nSPS) is 10.7. The molecule has 0 spiro atoms. The van der Waals surface area contributed by atoms with Gasteiger partial charge in [0.05, 0.1) is 16.3 Å². The fraction of sp³-hybridized carbons (Fsp3) is 0.176. The van der Waals surface area contributed by atoms with Crippen molar-refractivity contribution >= 4 is 11.3 Å². The average molecular weight is 295 g/mol. The summed E-state index contributed by atoms with van der Waals surface area (Å²) in [5.41, 5.74) is 3.24. The third-order valence-corrected chi connectivity index (χ3v) is 4.33. The average Bonchev–Trinajstić information content (AvgIpc) is 2.99. The van der Waals surface area contributed by atoms with Gasteiger partial charge in [0.1, 0.15) is 5.01 Å². The van der Waals surface area contributed by atoms with Crippen molar-refractivity contribution in [3.63, 3.8) is 0 Å². The summed E-state index contributed by atoms with van der Waals surface area (Å²) in [5.74, 6) is 0. The summed E-state index contributed by atoms with van der Waals surface area (Å²) in [6, 6.07) is 16.3. The van der Waals surface area contributed by atoms with E-state index in [-0.39, 0.29) is 0 Å². The van der Waals surface area contributed by atoms with Gasteiger partial charge in [-0.1, -0.05) is 43.3 Å². The molecule has 3 aromatic rings. The molecule has 3 rings (SSSR count).